The molecular formula is C6H10N2O. The number of hydrogen-bond acceptors (Lipinski definition) is 2. The molecule has 1 heterocycles. The van der Waals surface area contributed by atoms with Crippen molar-refractivity contribution in [2.75, 3.05) is 13.7 Å². The maximum absolute atomic E-state index is 4.87. The number of ether oxygens (including phenoxy) is 1. The summed E-state index contributed by atoms with van der Waals surface area (Å²) in [5.41, 5.74) is 0. The largest absolute Gasteiger partial charge is 0.383 e. The number of nitrogens with zero attached hydrogens (tertiary/aromatic N) is 2. The van der Waals surface area contributed by atoms with Crippen molar-refractivity contribution in [1.82, 2.24) is 9.55 Å². The van der Waals surface area contributed by atoms with E-state index in [4.69, 9.17) is 4.74 Å². The van der Waals surface area contributed by atoms with Crippen molar-refractivity contribution in [1.29, 1.82) is 0 Å². The maximum atomic E-state index is 4.87. The average Bonchev–Trinajstić information content (AvgIpc) is 2.34. The molecule has 1 aromatic rings. The first-order chi connectivity index (χ1) is 4.43. The van der Waals surface area contributed by atoms with Crippen LogP contribution in [-0.4, -0.2) is 23.3 Å². The third-order valence-electron chi connectivity index (χ3n) is 1.11. The van der Waals surface area contributed by atoms with E-state index in [-0.39, 0.29) is 0 Å². The van der Waals surface area contributed by atoms with E-state index < -0.39 is 0 Å². The van der Waals surface area contributed by atoms with Crippen LogP contribution in [0.25, 0.3) is 0 Å². The lowest BCUT2D eigenvalue weighted by molar-refractivity contribution is 0.187. The fraction of sp³-hybridized carbons (Fsp3) is 0.500. The van der Waals surface area contributed by atoms with E-state index in [1.54, 1.807) is 19.6 Å². The summed E-state index contributed by atoms with van der Waals surface area (Å²) in [4.78, 5) is 3.88. The van der Waals surface area contributed by atoms with Crippen molar-refractivity contribution in [3.05, 3.63) is 18.7 Å². The van der Waals surface area contributed by atoms with Crippen molar-refractivity contribution in [3.63, 3.8) is 0 Å². The van der Waals surface area contributed by atoms with Gasteiger partial charge in [-0.1, -0.05) is 0 Å². The van der Waals surface area contributed by atoms with Crippen LogP contribution in [0.15, 0.2) is 18.7 Å². The monoisotopic (exact) mass is 126 g/mol. The highest BCUT2D eigenvalue weighted by molar-refractivity contribution is 4.73. The molecule has 50 valence electrons. The summed E-state index contributed by atoms with van der Waals surface area (Å²) in [5, 5.41) is 0. The van der Waals surface area contributed by atoms with Crippen molar-refractivity contribution in [3.8, 4) is 0 Å². The van der Waals surface area contributed by atoms with E-state index >= 15 is 0 Å². The second-order valence-electron chi connectivity index (χ2n) is 1.79. The summed E-state index contributed by atoms with van der Waals surface area (Å²) in [6.07, 6.45) is 5.45. The highest BCUT2D eigenvalue weighted by Crippen LogP contribution is 1.84. The van der Waals surface area contributed by atoms with E-state index in [0.717, 1.165) is 13.2 Å². The first kappa shape index (κ1) is 6.29. The summed E-state index contributed by atoms with van der Waals surface area (Å²) < 4.78 is 6.84. The second-order valence-corrected chi connectivity index (χ2v) is 1.79. The van der Waals surface area contributed by atoms with Gasteiger partial charge in [-0.25, -0.2) is 4.98 Å². The van der Waals surface area contributed by atoms with Gasteiger partial charge in [-0.05, 0) is 0 Å². The lowest BCUT2D eigenvalue weighted by Crippen LogP contribution is -2.00. The van der Waals surface area contributed by atoms with Crippen LogP contribution in [0.4, 0.5) is 0 Å². The molecule has 0 radical (unpaired) electrons. The number of aromatic nitrogens is 2. The summed E-state index contributed by atoms with van der Waals surface area (Å²) in [6.45, 7) is 1.63. The average molecular weight is 126 g/mol. The molecule has 0 aromatic carbocycles. The third-order valence-corrected chi connectivity index (χ3v) is 1.11. The van der Waals surface area contributed by atoms with Crippen LogP contribution < -0.4 is 0 Å². The van der Waals surface area contributed by atoms with Gasteiger partial charge in [-0.15, -0.1) is 0 Å². The molecule has 0 N–H and O–H groups in total. The van der Waals surface area contributed by atoms with Crippen LogP contribution >= 0.6 is 0 Å². The number of methoxy groups -OCH3 is 1. The molecule has 0 aliphatic carbocycles. The van der Waals surface area contributed by atoms with Crippen LogP contribution in [0.2, 0.25) is 0 Å². The predicted molar refractivity (Wildman–Crippen MR) is 34.1 cm³/mol. The summed E-state index contributed by atoms with van der Waals surface area (Å²) in [7, 11) is 1.69. The molecule has 0 atom stereocenters. The van der Waals surface area contributed by atoms with Gasteiger partial charge >= 0.3 is 0 Å². The Hall–Kier alpha value is -0.830. The zero-order chi connectivity index (χ0) is 6.53. The fourth-order valence-electron chi connectivity index (χ4n) is 0.616. The molecule has 0 fully saturated rings. The van der Waals surface area contributed by atoms with Crippen molar-refractivity contribution in [2.24, 2.45) is 0 Å². The van der Waals surface area contributed by atoms with Gasteiger partial charge in [0.15, 0.2) is 0 Å². The van der Waals surface area contributed by atoms with Crippen molar-refractivity contribution >= 4 is 0 Å². The van der Waals surface area contributed by atoms with Gasteiger partial charge in [-0.2, -0.15) is 0 Å². The van der Waals surface area contributed by atoms with Gasteiger partial charge in [-0.3, -0.25) is 0 Å². The summed E-state index contributed by atoms with van der Waals surface area (Å²) in [5.74, 6) is 0. The minimum atomic E-state index is 0.746. The smallest absolute Gasteiger partial charge is 0.0946 e. The lowest BCUT2D eigenvalue weighted by atomic mass is 10.7. The Bertz CT molecular complexity index is 148. The number of rotatable bonds is 3. The molecule has 0 saturated heterocycles. The Kier molecular flexibility index (Phi) is 2.27. The minimum absolute atomic E-state index is 0.746. The molecule has 3 nitrogen and oxygen atoms in total. The van der Waals surface area contributed by atoms with Crippen LogP contribution in [0.1, 0.15) is 0 Å². The molecule has 0 bridgehead atoms. The van der Waals surface area contributed by atoms with Gasteiger partial charge < -0.3 is 9.30 Å². The highest BCUT2D eigenvalue weighted by Gasteiger charge is 1.85. The minimum Gasteiger partial charge on any atom is -0.383 e. The molecule has 9 heavy (non-hydrogen) atoms. The van der Waals surface area contributed by atoms with Crippen LogP contribution in [-0.2, 0) is 11.3 Å². The zero-order valence-corrected chi connectivity index (χ0v) is 5.45. The van der Waals surface area contributed by atoms with Gasteiger partial charge in [0.25, 0.3) is 0 Å². The quantitative estimate of drug-likeness (QED) is 0.590. The topological polar surface area (TPSA) is 27.1 Å². The van der Waals surface area contributed by atoms with Crippen LogP contribution in [0.3, 0.4) is 0 Å². The van der Waals surface area contributed by atoms with Crippen molar-refractivity contribution in [2.45, 2.75) is 6.54 Å². The fourth-order valence-corrected chi connectivity index (χ4v) is 0.616. The van der Waals surface area contributed by atoms with Gasteiger partial charge in [0.05, 0.1) is 12.9 Å². The van der Waals surface area contributed by atoms with Crippen LogP contribution in [0.5, 0.6) is 0 Å². The zero-order valence-electron chi connectivity index (χ0n) is 5.45. The van der Waals surface area contributed by atoms with E-state index in [1.165, 1.54) is 0 Å². The molecule has 0 amide bonds. The standard InChI is InChI=1S/C6H10N2O/c1-9-5-4-8-3-2-7-6-8/h2-3,6H,4-5H2,1H3. The maximum Gasteiger partial charge on any atom is 0.0946 e. The number of hydrogen-bond donors (Lipinski definition) is 0. The Morgan fingerprint density at radius 1 is 1.67 bits per heavy atom. The molecule has 1 rings (SSSR count). The molecule has 0 spiro atoms. The first-order valence-corrected chi connectivity index (χ1v) is 2.88. The normalized spacial score (nSPS) is 9.89. The Balaban J connectivity index is 2.30. The molecule has 0 unspecified atom stereocenters. The van der Waals surface area contributed by atoms with Gasteiger partial charge in [0.1, 0.15) is 0 Å². The summed E-state index contributed by atoms with van der Waals surface area (Å²) in [6, 6.07) is 0. The SMILES string of the molecule is COCCn1ccnc1. The van der Waals surface area contributed by atoms with Gasteiger partial charge in [0, 0.05) is 26.0 Å². The first-order valence-electron chi connectivity index (χ1n) is 2.88. The molecular weight excluding hydrogens is 116 g/mol. The second kappa shape index (κ2) is 3.25. The summed E-state index contributed by atoms with van der Waals surface area (Å²) >= 11 is 0. The Labute approximate surface area is 54.3 Å². The van der Waals surface area contributed by atoms with E-state index in [1.807, 2.05) is 10.8 Å². The third kappa shape index (κ3) is 1.85. The molecule has 0 aliphatic heterocycles. The lowest BCUT2D eigenvalue weighted by Gasteiger charge is -1.97. The molecule has 0 aliphatic rings. The van der Waals surface area contributed by atoms with Crippen molar-refractivity contribution < 1.29 is 4.74 Å². The Morgan fingerprint density at radius 2 is 2.56 bits per heavy atom. The highest BCUT2D eigenvalue weighted by atomic mass is 16.5. The van der Waals surface area contributed by atoms with Gasteiger partial charge in [0.2, 0.25) is 0 Å². The van der Waals surface area contributed by atoms with E-state index in [2.05, 4.69) is 4.98 Å². The van der Waals surface area contributed by atoms with E-state index in [0.29, 0.717) is 0 Å². The molecule has 3 heteroatoms. The van der Waals surface area contributed by atoms with Crippen LogP contribution in [0, 0.1) is 0 Å². The predicted octanol–water partition coefficient (Wildman–Crippen LogP) is 0.529. The number of imidazole rings is 1. The Morgan fingerprint density at radius 3 is 3.11 bits per heavy atom. The van der Waals surface area contributed by atoms with E-state index in [9.17, 15) is 0 Å². The molecule has 0 saturated carbocycles. The molecule has 1 aromatic heterocycles.